The molecule has 1 aromatic heterocycles. The van der Waals surface area contributed by atoms with Gasteiger partial charge in [0, 0.05) is 5.38 Å². The van der Waals surface area contributed by atoms with Gasteiger partial charge in [0.15, 0.2) is 5.13 Å². The van der Waals surface area contributed by atoms with Gasteiger partial charge in [0.1, 0.15) is 5.60 Å². The van der Waals surface area contributed by atoms with Crippen molar-refractivity contribution in [3.05, 3.63) is 17.2 Å². The molecule has 6 nitrogen and oxygen atoms in total. The van der Waals surface area contributed by atoms with Crippen molar-refractivity contribution in [2.45, 2.75) is 47.1 Å². The highest BCUT2D eigenvalue weighted by Crippen LogP contribution is 2.27. The summed E-state index contributed by atoms with van der Waals surface area (Å²) in [6.45, 7) is 11.0. The maximum Gasteiger partial charge on any atom is 0.413 e. The van der Waals surface area contributed by atoms with Crippen molar-refractivity contribution in [2.75, 3.05) is 5.32 Å². The number of rotatable bonds is 3. The summed E-state index contributed by atoms with van der Waals surface area (Å²) < 4.78 is 5.13. The van der Waals surface area contributed by atoms with E-state index in [1.807, 2.05) is 20.8 Å². The van der Waals surface area contributed by atoms with Gasteiger partial charge in [-0.25, -0.2) is 14.6 Å². The van der Waals surface area contributed by atoms with Crippen molar-refractivity contribution >= 4 is 34.1 Å². The largest absolute Gasteiger partial charge is 0.478 e. The Balaban J connectivity index is 2.93. The van der Waals surface area contributed by atoms with Crippen LogP contribution in [0.25, 0.3) is 5.57 Å². The van der Waals surface area contributed by atoms with Gasteiger partial charge in [0.25, 0.3) is 0 Å². The third-order valence-electron chi connectivity index (χ3n) is 2.20. The summed E-state index contributed by atoms with van der Waals surface area (Å²) in [4.78, 5) is 27.2. The van der Waals surface area contributed by atoms with E-state index in [-0.39, 0.29) is 11.0 Å². The quantitative estimate of drug-likeness (QED) is 0.819. The Labute approximate surface area is 134 Å². The van der Waals surface area contributed by atoms with Crippen LogP contribution in [0.4, 0.5) is 9.93 Å². The number of aromatic nitrogens is 1. The number of aliphatic carboxylic acids is 1. The molecule has 0 radical (unpaired) electrons. The molecule has 1 aromatic rings. The number of carboxylic acid groups (broad SMARTS) is 1. The minimum atomic E-state index is -1.05. The number of allylic oxidation sites excluding steroid dienone is 1. The molecule has 0 spiro atoms. The number of anilines is 1. The third kappa shape index (κ3) is 6.26. The van der Waals surface area contributed by atoms with E-state index in [4.69, 9.17) is 4.74 Å². The van der Waals surface area contributed by atoms with Crippen molar-refractivity contribution < 1.29 is 19.4 Å². The lowest BCUT2D eigenvalue weighted by Gasteiger charge is -2.18. The predicted molar refractivity (Wildman–Crippen MR) is 87.0 cm³/mol. The second kappa shape index (κ2) is 6.48. The normalized spacial score (nSPS) is 12.9. The molecule has 0 saturated carbocycles. The molecule has 1 amide bonds. The van der Waals surface area contributed by atoms with E-state index in [9.17, 15) is 14.7 Å². The van der Waals surface area contributed by atoms with Crippen molar-refractivity contribution in [2.24, 2.45) is 5.41 Å². The standard InChI is InChI=1S/C15H22N2O4S/c1-14(2,3)7-9(11(18)19)10-8-22-12(16-10)17-13(20)21-15(4,5)6/h7-8H,1-6H3,(H,18,19)(H,16,17,20)/b9-7+. The summed E-state index contributed by atoms with van der Waals surface area (Å²) >= 11 is 1.15. The summed E-state index contributed by atoms with van der Waals surface area (Å²) in [6, 6.07) is 0. The van der Waals surface area contributed by atoms with Crippen molar-refractivity contribution in [1.29, 1.82) is 0 Å². The average molecular weight is 326 g/mol. The number of ether oxygens (including phenoxy) is 1. The number of nitrogens with one attached hydrogen (secondary N) is 1. The number of thiazole rings is 1. The fraction of sp³-hybridized carbons (Fsp3) is 0.533. The van der Waals surface area contributed by atoms with E-state index in [2.05, 4.69) is 10.3 Å². The van der Waals surface area contributed by atoms with Gasteiger partial charge in [-0.2, -0.15) is 0 Å². The van der Waals surface area contributed by atoms with Crippen LogP contribution in [0.1, 0.15) is 47.2 Å². The smallest absolute Gasteiger partial charge is 0.413 e. The van der Waals surface area contributed by atoms with Crippen LogP contribution in [0.2, 0.25) is 0 Å². The van der Waals surface area contributed by atoms with Gasteiger partial charge in [0.05, 0.1) is 11.3 Å². The Hall–Kier alpha value is -1.89. The van der Waals surface area contributed by atoms with Crippen molar-refractivity contribution in [1.82, 2.24) is 4.98 Å². The lowest BCUT2D eigenvalue weighted by molar-refractivity contribution is -0.130. The fourth-order valence-electron chi connectivity index (χ4n) is 1.52. The van der Waals surface area contributed by atoms with Crippen LogP contribution >= 0.6 is 11.3 Å². The Bertz CT molecular complexity index is 591. The maximum absolute atomic E-state index is 11.7. The van der Waals surface area contributed by atoms with Crippen LogP contribution in [-0.4, -0.2) is 27.8 Å². The lowest BCUT2D eigenvalue weighted by Crippen LogP contribution is -2.27. The third-order valence-corrected chi connectivity index (χ3v) is 2.95. The molecule has 0 aliphatic rings. The van der Waals surface area contributed by atoms with Gasteiger partial charge in [-0.15, -0.1) is 11.3 Å². The molecule has 0 aliphatic carbocycles. The molecule has 0 saturated heterocycles. The fourth-order valence-corrected chi connectivity index (χ4v) is 2.22. The Morgan fingerprint density at radius 1 is 1.27 bits per heavy atom. The first-order chi connectivity index (χ1) is 9.87. The molecule has 1 rings (SSSR count). The van der Waals surface area contributed by atoms with Crippen LogP contribution in [0.3, 0.4) is 0 Å². The molecule has 122 valence electrons. The monoisotopic (exact) mass is 326 g/mol. The molecule has 22 heavy (non-hydrogen) atoms. The molecule has 0 aliphatic heterocycles. The van der Waals surface area contributed by atoms with E-state index >= 15 is 0 Å². The van der Waals surface area contributed by atoms with Crippen LogP contribution in [0.15, 0.2) is 11.5 Å². The molecule has 0 fully saturated rings. The number of nitrogens with zero attached hydrogens (tertiary/aromatic N) is 1. The minimum absolute atomic E-state index is 0.112. The summed E-state index contributed by atoms with van der Waals surface area (Å²) in [5.41, 5.74) is -0.474. The Kier molecular flexibility index (Phi) is 5.35. The number of carbonyl (C=O) groups is 2. The molecule has 7 heteroatoms. The number of carbonyl (C=O) groups excluding carboxylic acids is 1. The van der Waals surface area contributed by atoms with Gasteiger partial charge >= 0.3 is 12.1 Å². The molecule has 0 aromatic carbocycles. The minimum Gasteiger partial charge on any atom is -0.478 e. The molecule has 0 unspecified atom stereocenters. The lowest BCUT2D eigenvalue weighted by atomic mass is 9.93. The predicted octanol–water partition coefficient (Wildman–Crippen LogP) is 4.00. The van der Waals surface area contributed by atoms with Crippen LogP contribution in [-0.2, 0) is 9.53 Å². The zero-order valence-electron chi connectivity index (χ0n) is 13.7. The Morgan fingerprint density at radius 2 is 1.86 bits per heavy atom. The first-order valence-electron chi connectivity index (χ1n) is 6.79. The molecular weight excluding hydrogens is 304 g/mol. The van der Waals surface area contributed by atoms with Crippen molar-refractivity contribution in [3.8, 4) is 0 Å². The maximum atomic E-state index is 11.7. The summed E-state index contributed by atoms with van der Waals surface area (Å²) in [5.74, 6) is -1.05. The SMILES string of the molecule is CC(C)(C)/C=C(/C(=O)O)c1csc(NC(=O)OC(C)(C)C)n1. The number of hydrogen-bond acceptors (Lipinski definition) is 5. The molecular formula is C15H22N2O4S. The van der Waals surface area contributed by atoms with E-state index in [0.29, 0.717) is 10.8 Å². The number of amides is 1. The zero-order valence-corrected chi connectivity index (χ0v) is 14.5. The van der Waals surface area contributed by atoms with E-state index < -0.39 is 17.7 Å². The van der Waals surface area contributed by atoms with Crippen molar-refractivity contribution in [3.63, 3.8) is 0 Å². The first kappa shape index (κ1) is 18.2. The van der Waals surface area contributed by atoms with Crippen LogP contribution < -0.4 is 5.32 Å². The zero-order chi connectivity index (χ0) is 17.1. The summed E-state index contributed by atoms with van der Waals surface area (Å²) in [5, 5.41) is 13.7. The van der Waals surface area contributed by atoms with Crippen LogP contribution in [0.5, 0.6) is 0 Å². The topological polar surface area (TPSA) is 88.5 Å². The molecule has 1 heterocycles. The molecule has 2 N–H and O–H groups in total. The second-order valence-corrected chi connectivity index (χ2v) is 7.75. The highest BCUT2D eigenvalue weighted by Gasteiger charge is 2.20. The summed E-state index contributed by atoms with van der Waals surface area (Å²) in [6.07, 6.45) is 1.02. The first-order valence-corrected chi connectivity index (χ1v) is 7.67. The molecule has 0 bridgehead atoms. The van der Waals surface area contributed by atoms with Gasteiger partial charge < -0.3 is 9.84 Å². The Morgan fingerprint density at radius 3 is 2.32 bits per heavy atom. The summed E-state index contributed by atoms with van der Waals surface area (Å²) in [7, 11) is 0. The number of hydrogen-bond donors (Lipinski definition) is 2. The van der Waals surface area contributed by atoms with E-state index in [1.165, 1.54) is 0 Å². The van der Waals surface area contributed by atoms with Gasteiger partial charge in [-0.3, -0.25) is 5.32 Å². The van der Waals surface area contributed by atoms with Gasteiger partial charge in [-0.1, -0.05) is 26.8 Å². The number of carboxylic acids is 1. The van der Waals surface area contributed by atoms with E-state index in [0.717, 1.165) is 11.3 Å². The van der Waals surface area contributed by atoms with Gasteiger partial charge in [-0.05, 0) is 26.2 Å². The van der Waals surface area contributed by atoms with Crippen LogP contribution in [0, 0.1) is 5.41 Å². The molecule has 0 atom stereocenters. The van der Waals surface area contributed by atoms with Gasteiger partial charge in [0.2, 0.25) is 0 Å². The highest BCUT2D eigenvalue weighted by molar-refractivity contribution is 7.14. The van der Waals surface area contributed by atoms with E-state index in [1.54, 1.807) is 32.2 Å². The average Bonchev–Trinajstić information content (AvgIpc) is 2.69. The second-order valence-electron chi connectivity index (χ2n) is 6.89. The highest BCUT2D eigenvalue weighted by atomic mass is 32.1.